The predicted molar refractivity (Wildman–Crippen MR) is 88.8 cm³/mol. The average Bonchev–Trinajstić information content (AvgIpc) is 3.34. The fourth-order valence-corrected chi connectivity index (χ4v) is 4.21. The summed E-state index contributed by atoms with van der Waals surface area (Å²) in [4.78, 5) is 2.75. The smallest absolute Gasteiger partial charge is 0.0356 e. The van der Waals surface area contributed by atoms with Crippen LogP contribution in [0.15, 0.2) is 18.2 Å². The second-order valence-corrected chi connectivity index (χ2v) is 8.46. The monoisotopic (exact) mass is 283 g/mol. The first kappa shape index (κ1) is 13.8. The van der Waals surface area contributed by atoms with Crippen molar-refractivity contribution >= 4 is 0 Å². The molecule has 1 nitrogen and oxygen atoms in total. The molecule has 3 fully saturated rings. The summed E-state index contributed by atoms with van der Waals surface area (Å²) in [5, 5.41) is 0. The molecule has 1 aromatic carbocycles. The van der Waals surface area contributed by atoms with Crippen LogP contribution in [0.2, 0.25) is 0 Å². The largest absolute Gasteiger partial charge is 0.291 e. The molecule has 0 N–H and O–H groups in total. The normalized spacial score (nSPS) is 27.3. The highest BCUT2D eigenvalue weighted by molar-refractivity contribution is 5.41. The van der Waals surface area contributed by atoms with Gasteiger partial charge < -0.3 is 0 Å². The zero-order chi connectivity index (χ0) is 14.6. The lowest BCUT2D eigenvalue weighted by atomic mass is 9.90. The molecule has 0 amide bonds. The molecule has 2 saturated carbocycles. The van der Waals surface area contributed by atoms with Gasteiger partial charge in [-0.25, -0.2) is 0 Å². The van der Waals surface area contributed by atoms with Gasteiger partial charge in [0.15, 0.2) is 0 Å². The fourth-order valence-electron chi connectivity index (χ4n) is 4.21. The van der Waals surface area contributed by atoms with Crippen molar-refractivity contribution in [2.45, 2.75) is 82.7 Å². The molecule has 4 rings (SSSR count). The quantitative estimate of drug-likeness (QED) is 0.720. The number of rotatable bonds is 3. The van der Waals surface area contributed by atoms with Gasteiger partial charge in [-0.3, -0.25) is 4.90 Å². The van der Waals surface area contributed by atoms with E-state index in [4.69, 9.17) is 0 Å². The van der Waals surface area contributed by atoms with Gasteiger partial charge in [-0.15, -0.1) is 0 Å². The Morgan fingerprint density at radius 1 is 0.905 bits per heavy atom. The SMILES string of the molecule is CC(C)(C)N1CCCC1c1cc(C2CC2)ccc1C1CC1. The van der Waals surface area contributed by atoms with Gasteiger partial charge in [0.2, 0.25) is 0 Å². The number of nitrogens with zero attached hydrogens (tertiary/aromatic N) is 1. The maximum absolute atomic E-state index is 2.75. The Labute approximate surface area is 129 Å². The van der Waals surface area contributed by atoms with Gasteiger partial charge in [0.25, 0.3) is 0 Å². The van der Waals surface area contributed by atoms with Crippen molar-refractivity contribution in [2.24, 2.45) is 0 Å². The minimum Gasteiger partial charge on any atom is -0.291 e. The van der Waals surface area contributed by atoms with Crippen LogP contribution in [0.3, 0.4) is 0 Å². The molecule has 0 bridgehead atoms. The average molecular weight is 283 g/mol. The molecule has 3 aliphatic rings. The molecule has 0 radical (unpaired) electrons. The first-order valence-corrected chi connectivity index (χ1v) is 8.94. The summed E-state index contributed by atoms with van der Waals surface area (Å²) in [6, 6.07) is 8.18. The van der Waals surface area contributed by atoms with Crippen molar-refractivity contribution in [3.8, 4) is 0 Å². The first-order chi connectivity index (χ1) is 10.0. The van der Waals surface area contributed by atoms with Crippen LogP contribution in [0.5, 0.6) is 0 Å². The van der Waals surface area contributed by atoms with Crippen LogP contribution in [0.1, 0.15) is 93.9 Å². The standard InChI is InChI=1S/C20H29N/c1-20(2,3)21-12-4-5-19(21)18-13-16(14-6-7-14)10-11-17(18)15-8-9-15/h10-11,13-15,19H,4-9,12H2,1-3H3. The van der Waals surface area contributed by atoms with E-state index >= 15 is 0 Å². The van der Waals surface area contributed by atoms with Crippen molar-refractivity contribution in [2.75, 3.05) is 6.54 Å². The molecular formula is C20H29N. The molecular weight excluding hydrogens is 254 g/mol. The summed E-state index contributed by atoms with van der Waals surface area (Å²) in [5.41, 5.74) is 5.28. The van der Waals surface area contributed by atoms with Crippen LogP contribution in [-0.4, -0.2) is 17.0 Å². The summed E-state index contributed by atoms with van der Waals surface area (Å²) in [5.74, 6) is 1.75. The highest BCUT2D eigenvalue weighted by Gasteiger charge is 2.38. The van der Waals surface area contributed by atoms with E-state index in [1.54, 1.807) is 16.7 Å². The third-order valence-corrected chi connectivity index (χ3v) is 5.65. The maximum atomic E-state index is 2.75. The van der Waals surface area contributed by atoms with Gasteiger partial charge in [-0.05, 0) is 94.4 Å². The van der Waals surface area contributed by atoms with Gasteiger partial charge >= 0.3 is 0 Å². The zero-order valence-corrected chi connectivity index (χ0v) is 13.9. The molecule has 21 heavy (non-hydrogen) atoms. The lowest BCUT2D eigenvalue weighted by Crippen LogP contribution is -2.40. The van der Waals surface area contributed by atoms with E-state index in [-0.39, 0.29) is 5.54 Å². The Morgan fingerprint density at radius 2 is 1.62 bits per heavy atom. The third kappa shape index (κ3) is 2.65. The Bertz CT molecular complexity index is 531. The van der Waals surface area contributed by atoms with Gasteiger partial charge in [-0.1, -0.05) is 18.2 Å². The molecule has 1 unspecified atom stereocenters. The zero-order valence-electron chi connectivity index (χ0n) is 13.9. The summed E-state index contributed by atoms with van der Waals surface area (Å²) in [6.45, 7) is 8.42. The second-order valence-electron chi connectivity index (χ2n) is 8.46. The van der Waals surface area contributed by atoms with Gasteiger partial charge in [0.05, 0.1) is 0 Å². The number of hydrogen-bond acceptors (Lipinski definition) is 1. The van der Waals surface area contributed by atoms with E-state index in [2.05, 4.69) is 43.9 Å². The number of hydrogen-bond donors (Lipinski definition) is 0. The molecule has 2 aliphatic carbocycles. The molecule has 1 saturated heterocycles. The van der Waals surface area contributed by atoms with Gasteiger partial charge in [0, 0.05) is 11.6 Å². The lowest BCUT2D eigenvalue weighted by Gasteiger charge is -2.38. The van der Waals surface area contributed by atoms with Crippen molar-refractivity contribution < 1.29 is 0 Å². The van der Waals surface area contributed by atoms with Gasteiger partial charge in [0.1, 0.15) is 0 Å². The molecule has 1 aliphatic heterocycles. The van der Waals surface area contributed by atoms with Crippen LogP contribution in [0, 0.1) is 0 Å². The van der Waals surface area contributed by atoms with E-state index in [1.165, 1.54) is 45.1 Å². The fraction of sp³-hybridized carbons (Fsp3) is 0.700. The third-order valence-electron chi connectivity index (χ3n) is 5.65. The Hall–Kier alpha value is -0.820. The van der Waals surface area contributed by atoms with Crippen molar-refractivity contribution in [1.29, 1.82) is 0 Å². The van der Waals surface area contributed by atoms with Crippen molar-refractivity contribution in [3.63, 3.8) is 0 Å². The van der Waals surface area contributed by atoms with Crippen molar-refractivity contribution in [1.82, 2.24) is 4.90 Å². The molecule has 0 aromatic heterocycles. The Balaban J connectivity index is 1.72. The highest BCUT2D eigenvalue weighted by atomic mass is 15.2. The van der Waals surface area contributed by atoms with Gasteiger partial charge in [-0.2, -0.15) is 0 Å². The molecule has 1 heteroatoms. The second kappa shape index (κ2) is 4.84. The Morgan fingerprint density at radius 3 is 2.24 bits per heavy atom. The summed E-state index contributed by atoms with van der Waals surface area (Å²) in [7, 11) is 0. The predicted octanol–water partition coefficient (Wildman–Crippen LogP) is 5.38. The molecule has 1 heterocycles. The molecule has 1 aromatic rings. The van der Waals surface area contributed by atoms with E-state index in [9.17, 15) is 0 Å². The lowest BCUT2D eigenvalue weighted by molar-refractivity contribution is 0.121. The van der Waals surface area contributed by atoms with E-state index in [0.717, 1.165) is 11.8 Å². The van der Waals surface area contributed by atoms with E-state index in [1.807, 2.05) is 0 Å². The summed E-state index contributed by atoms with van der Waals surface area (Å²) < 4.78 is 0. The van der Waals surface area contributed by atoms with Crippen LogP contribution < -0.4 is 0 Å². The number of likely N-dealkylation sites (tertiary alicyclic amines) is 1. The van der Waals surface area contributed by atoms with Crippen molar-refractivity contribution in [3.05, 3.63) is 34.9 Å². The van der Waals surface area contributed by atoms with Crippen LogP contribution >= 0.6 is 0 Å². The highest BCUT2D eigenvalue weighted by Crippen LogP contribution is 2.49. The molecule has 114 valence electrons. The van der Waals surface area contributed by atoms with E-state index < -0.39 is 0 Å². The maximum Gasteiger partial charge on any atom is 0.0356 e. The Kier molecular flexibility index (Phi) is 3.19. The topological polar surface area (TPSA) is 3.24 Å². The molecule has 0 spiro atoms. The van der Waals surface area contributed by atoms with Crippen LogP contribution in [0.4, 0.5) is 0 Å². The first-order valence-electron chi connectivity index (χ1n) is 8.94. The van der Waals surface area contributed by atoms with Crippen LogP contribution in [0.25, 0.3) is 0 Å². The molecule has 1 atom stereocenters. The van der Waals surface area contributed by atoms with E-state index in [0.29, 0.717) is 6.04 Å². The van der Waals surface area contributed by atoms with Crippen LogP contribution in [-0.2, 0) is 0 Å². The summed E-state index contributed by atoms with van der Waals surface area (Å²) in [6.07, 6.45) is 8.37. The number of benzene rings is 1. The summed E-state index contributed by atoms with van der Waals surface area (Å²) >= 11 is 0. The minimum absolute atomic E-state index is 0.289. The minimum atomic E-state index is 0.289.